The van der Waals surface area contributed by atoms with E-state index < -0.39 is 0 Å². The molecule has 7 heteroatoms. The number of ether oxygens (including phenoxy) is 2. The number of guanidine groups is 1. The monoisotopic (exact) mass is 342 g/mol. The lowest BCUT2D eigenvalue weighted by molar-refractivity contribution is -0.127. The molecule has 2 atom stereocenters. The normalized spacial score (nSPS) is 19.5. The topological polar surface area (TPSA) is 66.4 Å². The van der Waals surface area contributed by atoms with Gasteiger partial charge in [-0.3, -0.25) is 4.79 Å². The van der Waals surface area contributed by atoms with Crippen molar-refractivity contribution in [2.45, 2.75) is 32.7 Å². The third-order valence-electron chi connectivity index (χ3n) is 4.22. The second kappa shape index (κ2) is 11.3. The molecule has 0 spiro atoms. The summed E-state index contributed by atoms with van der Waals surface area (Å²) in [5.74, 6) is 1.34. The number of hydrogen-bond donors (Lipinski definition) is 1. The highest BCUT2D eigenvalue weighted by molar-refractivity contribution is 5.85. The molecular formula is C17H34N4O3. The molecule has 0 aliphatic carbocycles. The van der Waals surface area contributed by atoms with Gasteiger partial charge >= 0.3 is 0 Å². The quantitative estimate of drug-likeness (QED) is 0.381. The van der Waals surface area contributed by atoms with Gasteiger partial charge in [-0.25, -0.2) is 4.99 Å². The van der Waals surface area contributed by atoms with Crippen molar-refractivity contribution in [1.29, 1.82) is 0 Å². The van der Waals surface area contributed by atoms with Crippen molar-refractivity contribution < 1.29 is 14.3 Å². The van der Waals surface area contributed by atoms with Gasteiger partial charge in [0.25, 0.3) is 0 Å². The van der Waals surface area contributed by atoms with Gasteiger partial charge in [-0.05, 0) is 19.8 Å². The van der Waals surface area contributed by atoms with Crippen LogP contribution in [0.2, 0.25) is 0 Å². The number of nitrogens with one attached hydrogen (secondary N) is 1. The number of carbonyl (C=O) groups excluding carboxylic acids is 1. The van der Waals surface area contributed by atoms with Crippen molar-refractivity contribution in [3.63, 3.8) is 0 Å². The van der Waals surface area contributed by atoms with E-state index in [4.69, 9.17) is 9.47 Å². The molecule has 1 aliphatic rings. The highest BCUT2D eigenvalue weighted by Crippen LogP contribution is 2.17. The number of nitrogens with zero attached hydrogens (tertiary/aromatic N) is 3. The Morgan fingerprint density at radius 2 is 2.17 bits per heavy atom. The van der Waals surface area contributed by atoms with Gasteiger partial charge in [-0.1, -0.05) is 6.92 Å². The van der Waals surface area contributed by atoms with E-state index in [0.717, 1.165) is 38.5 Å². The Labute approximate surface area is 146 Å². The molecule has 0 saturated carbocycles. The van der Waals surface area contributed by atoms with Gasteiger partial charge in [0, 0.05) is 46.3 Å². The second-order valence-electron chi connectivity index (χ2n) is 6.55. The molecular weight excluding hydrogens is 308 g/mol. The number of hydrogen-bond acceptors (Lipinski definition) is 4. The summed E-state index contributed by atoms with van der Waals surface area (Å²) < 4.78 is 10.6. The maximum Gasteiger partial charge on any atom is 0.243 e. The molecule has 1 amide bonds. The van der Waals surface area contributed by atoms with Crippen LogP contribution in [-0.2, 0) is 14.3 Å². The zero-order chi connectivity index (χ0) is 17.9. The van der Waals surface area contributed by atoms with E-state index in [9.17, 15) is 4.79 Å². The fraction of sp³-hybridized carbons (Fsp3) is 0.882. The number of carbonyl (C=O) groups is 1. The fourth-order valence-electron chi connectivity index (χ4n) is 2.40. The van der Waals surface area contributed by atoms with Crippen LogP contribution in [0.15, 0.2) is 4.99 Å². The van der Waals surface area contributed by atoms with Crippen molar-refractivity contribution in [1.82, 2.24) is 15.1 Å². The van der Waals surface area contributed by atoms with Gasteiger partial charge < -0.3 is 24.6 Å². The van der Waals surface area contributed by atoms with Gasteiger partial charge in [0.05, 0.1) is 19.8 Å². The molecule has 24 heavy (non-hydrogen) atoms. The molecule has 1 fully saturated rings. The Bertz CT molecular complexity index is 401. The average molecular weight is 342 g/mol. The molecule has 0 radical (unpaired) electrons. The molecule has 7 nitrogen and oxygen atoms in total. The van der Waals surface area contributed by atoms with E-state index in [2.05, 4.69) is 29.1 Å². The third kappa shape index (κ3) is 7.49. The summed E-state index contributed by atoms with van der Waals surface area (Å²) in [6, 6.07) is 0.329. The lowest BCUT2D eigenvalue weighted by Gasteiger charge is -2.25. The zero-order valence-electron chi connectivity index (χ0n) is 15.9. The van der Waals surface area contributed by atoms with Gasteiger partial charge in [0.15, 0.2) is 5.96 Å². The van der Waals surface area contributed by atoms with Crippen LogP contribution in [0.5, 0.6) is 0 Å². The molecule has 140 valence electrons. The summed E-state index contributed by atoms with van der Waals surface area (Å²) in [6.07, 6.45) is 2.09. The number of methoxy groups -OCH3 is 1. The molecule has 0 aromatic heterocycles. The Morgan fingerprint density at radius 1 is 1.42 bits per heavy atom. The Hall–Kier alpha value is -1.34. The molecule has 1 heterocycles. The summed E-state index contributed by atoms with van der Waals surface area (Å²) in [5.41, 5.74) is 0. The van der Waals surface area contributed by atoms with Crippen molar-refractivity contribution in [2.75, 3.05) is 60.7 Å². The number of likely N-dealkylation sites (N-methyl/N-ethyl adjacent to an activating group) is 1. The van der Waals surface area contributed by atoms with Crippen LogP contribution < -0.4 is 5.32 Å². The number of aliphatic imine (C=N–C) groups is 1. The van der Waals surface area contributed by atoms with Crippen molar-refractivity contribution in [2.24, 2.45) is 10.9 Å². The van der Waals surface area contributed by atoms with Gasteiger partial charge in [-0.15, -0.1) is 0 Å². The maximum absolute atomic E-state index is 11.8. The zero-order valence-corrected chi connectivity index (χ0v) is 15.9. The summed E-state index contributed by atoms with van der Waals surface area (Å²) in [5, 5.41) is 3.44. The fourth-order valence-corrected chi connectivity index (χ4v) is 2.40. The third-order valence-corrected chi connectivity index (χ3v) is 4.22. The van der Waals surface area contributed by atoms with Crippen molar-refractivity contribution in [3.8, 4) is 0 Å². The van der Waals surface area contributed by atoms with Gasteiger partial charge in [-0.2, -0.15) is 0 Å². The van der Waals surface area contributed by atoms with E-state index in [0.29, 0.717) is 25.2 Å². The predicted octanol–water partition coefficient (Wildman–Crippen LogP) is 0.804. The lowest BCUT2D eigenvalue weighted by atomic mass is 10.1. The van der Waals surface area contributed by atoms with Gasteiger partial charge in [0.1, 0.15) is 6.54 Å². The Kier molecular flexibility index (Phi) is 9.71. The Balaban J connectivity index is 2.57. The Morgan fingerprint density at radius 3 is 2.79 bits per heavy atom. The molecule has 1 N–H and O–H groups in total. The number of likely N-dealkylation sites (tertiary alicyclic amines) is 1. The number of rotatable bonds is 9. The predicted molar refractivity (Wildman–Crippen MR) is 96.3 cm³/mol. The SMILES string of the molecule is CCC(C)NC(=NCC(=O)N(C)C)N1CCC(COCCOC)C1. The van der Waals surface area contributed by atoms with Crippen LogP contribution in [-0.4, -0.2) is 88.4 Å². The minimum absolute atomic E-state index is 0.0112. The van der Waals surface area contributed by atoms with Crippen molar-refractivity contribution in [3.05, 3.63) is 0 Å². The second-order valence-corrected chi connectivity index (χ2v) is 6.55. The van der Waals surface area contributed by atoms with Crippen LogP contribution in [0.1, 0.15) is 26.7 Å². The summed E-state index contributed by atoms with van der Waals surface area (Å²) in [6.45, 7) is 8.30. The van der Waals surface area contributed by atoms with Crippen molar-refractivity contribution >= 4 is 11.9 Å². The summed E-state index contributed by atoms with van der Waals surface area (Å²) in [7, 11) is 5.19. The van der Waals surface area contributed by atoms with E-state index >= 15 is 0 Å². The van der Waals surface area contributed by atoms with Crippen LogP contribution >= 0.6 is 0 Å². The molecule has 2 unspecified atom stereocenters. The molecule has 1 aliphatic heterocycles. The molecule has 0 aromatic carbocycles. The maximum atomic E-state index is 11.8. The van der Waals surface area contributed by atoms with Crippen LogP contribution in [0.3, 0.4) is 0 Å². The lowest BCUT2D eigenvalue weighted by Crippen LogP contribution is -2.44. The minimum atomic E-state index is 0.0112. The first-order valence-corrected chi connectivity index (χ1v) is 8.80. The van der Waals surface area contributed by atoms with E-state index in [1.54, 1.807) is 26.1 Å². The first kappa shape index (κ1) is 20.7. The van der Waals surface area contributed by atoms with Crippen LogP contribution in [0.4, 0.5) is 0 Å². The van der Waals surface area contributed by atoms with E-state index in [1.165, 1.54) is 0 Å². The van der Waals surface area contributed by atoms with Crippen LogP contribution in [0, 0.1) is 5.92 Å². The van der Waals surface area contributed by atoms with Gasteiger partial charge in [0.2, 0.25) is 5.91 Å². The highest BCUT2D eigenvalue weighted by Gasteiger charge is 2.26. The molecule has 0 bridgehead atoms. The standard InChI is InChI=1S/C17H34N4O3/c1-6-14(2)19-17(18-11-16(22)20(3)4)21-8-7-15(12-21)13-24-10-9-23-5/h14-15H,6-13H2,1-5H3,(H,18,19). The first-order valence-electron chi connectivity index (χ1n) is 8.80. The van der Waals surface area contributed by atoms with E-state index in [1.807, 2.05) is 0 Å². The molecule has 1 rings (SSSR count). The molecule has 0 aromatic rings. The highest BCUT2D eigenvalue weighted by atomic mass is 16.5. The minimum Gasteiger partial charge on any atom is -0.382 e. The van der Waals surface area contributed by atoms with Crippen LogP contribution in [0.25, 0.3) is 0 Å². The largest absolute Gasteiger partial charge is 0.382 e. The molecule has 1 saturated heterocycles. The first-order chi connectivity index (χ1) is 11.5. The smallest absolute Gasteiger partial charge is 0.243 e. The number of amides is 1. The van der Waals surface area contributed by atoms with E-state index in [-0.39, 0.29) is 12.5 Å². The average Bonchev–Trinajstić information content (AvgIpc) is 3.03. The summed E-state index contributed by atoms with van der Waals surface area (Å²) >= 11 is 0. The summed E-state index contributed by atoms with van der Waals surface area (Å²) in [4.78, 5) is 20.2.